The highest BCUT2D eigenvalue weighted by atomic mass is 32.2. The van der Waals surface area contributed by atoms with E-state index in [1.165, 1.54) is 6.26 Å². The van der Waals surface area contributed by atoms with Crippen LogP contribution in [-0.2, 0) is 16.4 Å². The molecular formula is C15H21NO3S. The molecule has 0 radical (unpaired) electrons. The predicted octanol–water partition coefficient (Wildman–Crippen LogP) is 2.65. The zero-order chi connectivity index (χ0) is 15.0. The van der Waals surface area contributed by atoms with Crippen LogP contribution in [0.3, 0.4) is 0 Å². The first-order valence-corrected chi connectivity index (χ1v) is 8.49. The van der Waals surface area contributed by atoms with E-state index in [9.17, 15) is 8.42 Å². The molecule has 0 aliphatic carbocycles. The SMILES string of the molecule is Cc1oc2ccccc2c1CNCC(C)(C)S(C)(=O)=O. The third-order valence-corrected chi connectivity index (χ3v) is 5.91. The van der Waals surface area contributed by atoms with Crippen molar-refractivity contribution in [3.63, 3.8) is 0 Å². The summed E-state index contributed by atoms with van der Waals surface area (Å²) in [5.41, 5.74) is 1.95. The number of para-hydroxylation sites is 1. The van der Waals surface area contributed by atoms with Gasteiger partial charge in [0.2, 0.25) is 0 Å². The van der Waals surface area contributed by atoms with Gasteiger partial charge in [0.1, 0.15) is 11.3 Å². The molecule has 0 unspecified atom stereocenters. The summed E-state index contributed by atoms with van der Waals surface area (Å²) in [6.45, 7) is 6.40. The van der Waals surface area contributed by atoms with Crippen LogP contribution in [0.5, 0.6) is 0 Å². The van der Waals surface area contributed by atoms with Crippen LogP contribution in [0.1, 0.15) is 25.2 Å². The lowest BCUT2D eigenvalue weighted by Crippen LogP contribution is -2.41. The Labute approximate surface area is 120 Å². The molecule has 0 saturated carbocycles. The smallest absolute Gasteiger partial charge is 0.153 e. The minimum absolute atomic E-state index is 0.408. The minimum Gasteiger partial charge on any atom is -0.461 e. The lowest BCUT2D eigenvalue weighted by Gasteiger charge is -2.22. The normalized spacial score (nSPS) is 13.0. The number of rotatable bonds is 5. The summed E-state index contributed by atoms with van der Waals surface area (Å²) in [4.78, 5) is 0. The van der Waals surface area contributed by atoms with Crippen molar-refractivity contribution in [2.75, 3.05) is 12.8 Å². The van der Waals surface area contributed by atoms with E-state index in [-0.39, 0.29) is 0 Å². The Hall–Kier alpha value is -1.33. The van der Waals surface area contributed by atoms with Gasteiger partial charge < -0.3 is 9.73 Å². The molecule has 1 aromatic heterocycles. The van der Waals surface area contributed by atoms with Gasteiger partial charge in [-0.2, -0.15) is 0 Å². The van der Waals surface area contributed by atoms with E-state index in [0.717, 1.165) is 22.3 Å². The second-order valence-corrected chi connectivity index (χ2v) is 8.42. The summed E-state index contributed by atoms with van der Waals surface area (Å²) in [7, 11) is -3.08. The van der Waals surface area contributed by atoms with E-state index in [1.54, 1.807) is 13.8 Å². The molecule has 5 heteroatoms. The molecule has 0 aliphatic heterocycles. The second-order valence-electron chi connectivity index (χ2n) is 5.77. The monoisotopic (exact) mass is 295 g/mol. The number of sulfone groups is 1. The highest BCUT2D eigenvalue weighted by Crippen LogP contribution is 2.25. The van der Waals surface area contributed by atoms with Crippen LogP contribution in [0.15, 0.2) is 28.7 Å². The summed E-state index contributed by atoms with van der Waals surface area (Å²) < 4.78 is 28.2. The first-order valence-electron chi connectivity index (χ1n) is 6.60. The van der Waals surface area contributed by atoms with Gasteiger partial charge in [-0.15, -0.1) is 0 Å². The first kappa shape index (κ1) is 15.1. The number of nitrogens with one attached hydrogen (secondary N) is 1. The van der Waals surface area contributed by atoms with Gasteiger partial charge in [0, 0.05) is 30.3 Å². The fraction of sp³-hybridized carbons (Fsp3) is 0.467. The average Bonchev–Trinajstić information content (AvgIpc) is 2.64. The molecule has 0 atom stereocenters. The zero-order valence-corrected chi connectivity index (χ0v) is 13.2. The fourth-order valence-corrected chi connectivity index (χ4v) is 2.42. The Kier molecular flexibility index (Phi) is 3.93. The molecule has 1 heterocycles. The van der Waals surface area contributed by atoms with Gasteiger partial charge in [0.25, 0.3) is 0 Å². The van der Waals surface area contributed by atoms with Crippen LogP contribution < -0.4 is 5.32 Å². The Bertz CT molecular complexity index is 714. The average molecular weight is 295 g/mol. The van der Waals surface area contributed by atoms with Crippen molar-refractivity contribution < 1.29 is 12.8 Å². The Morgan fingerprint density at radius 3 is 2.55 bits per heavy atom. The molecule has 110 valence electrons. The Balaban J connectivity index is 2.13. The Morgan fingerprint density at radius 1 is 1.25 bits per heavy atom. The second kappa shape index (κ2) is 5.22. The summed E-state index contributed by atoms with van der Waals surface area (Å²) in [5, 5.41) is 4.31. The van der Waals surface area contributed by atoms with Gasteiger partial charge in [-0.1, -0.05) is 18.2 Å². The third kappa shape index (κ3) is 2.88. The number of benzene rings is 1. The van der Waals surface area contributed by atoms with Crippen molar-refractivity contribution in [2.45, 2.75) is 32.1 Å². The molecule has 0 spiro atoms. The van der Waals surface area contributed by atoms with E-state index in [2.05, 4.69) is 5.32 Å². The third-order valence-electron chi connectivity index (χ3n) is 3.76. The van der Waals surface area contributed by atoms with Crippen LogP contribution in [0, 0.1) is 6.92 Å². The van der Waals surface area contributed by atoms with Crippen LogP contribution in [-0.4, -0.2) is 26.0 Å². The van der Waals surface area contributed by atoms with Crippen LogP contribution in [0.2, 0.25) is 0 Å². The van der Waals surface area contributed by atoms with Crippen LogP contribution >= 0.6 is 0 Å². The molecular weight excluding hydrogens is 274 g/mol. The summed E-state index contributed by atoms with van der Waals surface area (Å²) in [6.07, 6.45) is 1.27. The lowest BCUT2D eigenvalue weighted by atomic mass is 10.1. The molecule has 0 fully saturated rings. The molecule has 1 aromatic carbocycles. The number of aryl methyl sites for hydroxylation is 1. The molecule has 0 saturated heterocycles. The number of hydrogen-bond donors (Lipinski definition) is 1. The van der Waals surface area contributed by atoms with Gasteiger partial charge in [0.05, 0.1) is 4.75 Å². The maximum absolute atomic E-state index is 11.7. The predicted molar refractivity (Wildman–Crippen MR) is 81.6 cm³/mol. The fourth-order valence-electron chi connectivity index (χ4n) is 2.06. The van der Waals surface area contributed by atoms with Gasteiger partial charge >= 0.3 is 0 Å². The summed E-state index contributed by atoms with van der Waals surface area (Å²) in [5.74, 6) is 0.871. The molecule has 2 rings (SSSR count). The maximum atomic E-state index is 11.7. The van der Waals surface area contributed by atoms with Crippen LogP contribution in [0.25, 0.3) is 11.0 Å². The van der Waals surface area contributed by atoms with E-state index in [4.69, 9.17) is 4.42 Å². The summed E-state index contributed by atoms with van der Waals surface area (Å²) >= 11 is 0. The largest absolute Gasteiger partial charge is 0.461 e. The number of fused-ring (bicyclic) bond motifs is 1. The molecule has 2 aromatic rings. The maximum Gasteiger partial charge on any atom is 0.153 e. The van der Waals surface area contributed by atoms with E-state index in [0.29, 0.717) is 13.1 Å². The van der Waals surface area contributed by atoms with Gasteiger partial charge in [0.15, 0.2) is 9.84 Å². The lowest BCUT2D eigenvalue weighted by molar-refractivity contribution is 0.517. The Morgan fingerprint density at radius 2 is 1.90 bits per heavy atom. The first-order chi connectivity index (χ1) is 9.22. The molecule has 4 nitrogen and oxygen atoms in total. The number of hydrogen-bond acceptors (Lipinski definition) is 4. The van der Waals surface area contributed by atoms with Gasteiger partial charge in [-0.3, -0.25) is 0 Å². The van der Waals surface area contributed by atoms with Crippen molar-refractivity contribution in [1.29, 1.82) is 0 Å². The van der Waals surface area contributed by atoms with Crippen molar-refractivity contribution >= 4 is 20.8 Å². The highest BCUT2D eigenvalue weighted by molar-refractivity contribution is 7.92. The summed E-state index contributed by atoms with van der Waals surface area (Å²) in [6, 6.07) is 7.87. The number of furan rings is 1. The molecule has 0 amide bonds. The van der Waals surface area contributed by atoms with Gasteiger partial charge in [-0.05, 0) is 26.8 Å². The van der Waals surface area contributed by atoms with E-state index >= 15 is 0 Å². The van der Waals surface area contributed by atoms with Gasteiger partial charge in [-0.25, -0.2) is 8.42 Å². The highest BCUT2D eigenvalue weighted by Gasteiger charge is 2.29. The molecule has 1 N–H and O–H groups in total. The van der Waals surface area contributed by atoms with Crippen molar-refractivity contribution in [3.8, 4) is 0 Å². The molecule has 0 aliphatic rings. The minimum atomic E-state index is -3.08. The van der Waals surface area contributed by atoms with E-state index < -0.39 is 14.6 Å². The standard InChI is InChI=1S/C15H21NO3S/c1-11-13(12-7-5-6-8-14(12)19-11)9-16-10-15(2,3)20(4,17)18/h5-8,16H,9-10H2,1-4H3. The van der Waals surface area contributed by atoms with Crippen molar-refractivity contribution in [3.05, 3.63) is 35.6 Å². The van der Waals surface area contributed by atoms with Crippen molar-refractivity contribution in [1.82, 2.24) is 5.32 Å². The van der Waals surface area contributed by atoms with Crippen molar-refractivity contribution in [2.24, 2.45) is 0 Å². The topological polar surface area (TPSA) is 59.3 Å². The molecule has 20 heavy (non-hydrogen) atoms. The zero-order valence-electron chi connectivity index (χ0n) is 12.4. The quantitative estimate of drug-likeness (QED) is 0.921. The molecule has 0 bridgehead atoms. The van der Waals surface area contributed by atoms with E-state index in [1.807, 2.05) is 31.2 Å². The van der Waals surface area contributed by atoms with Crippen LogP contribution in [0.4, 0.5) is 0 Å².